The molecular formula is C18H16FNO4S. The van der Waals surface area contributed by atoms with E-state index in [1.807, 2.05) is 6.92 Å². The van der Waals surface area contributed by atoms with Crippen molar-refractivity contribution in [2.45, 2.75) is 17.9 Å². The molecule has 0 spiro atoms. The SMILES string of the molecule is Cc1ccc(S(=O)(=O)N2CC=C(C(=O)O)C2c2ccc(F)cc2)cc1. The van der Waals surface area contributed by atoms with Gasteiger partial charge in [-0.25, -0.2) is 17.6 Å². The zero-order chi connectivity index (χ0) is 18.2. The monoisotopic (exact) mass is 361 g/mol. The summed E-state index contributed by atoms with van der Waals surface area (Å²) in [5, 5.41) is 9.43. The number of carbonyl (C=O) groups is 1. The second-order valence-corrected chi connectivity index (χ2v) is 7.70. The van der Waals surface area contributed by atoms with Gasteiger partial charge in [0.05, 0.1) is 16.5 Å². The molecule has 130 valence electrons. The van der Waals surface area contributed by atoms with Gasteiger partial charge in [-0.1, -0.05) is 35.9 Å². The minimum Gasteiger partial charge on any atom is -0.478 e. The zero-order valence-corrected chi connectivity index (χ0v) is 14.2. The summed E-state index contributed by atoms with van der Waals surface area (Å²) in [5.41, 5.74) is 1.28. The molecule has 0 bridgehead atoms. The lowest BCUT2D eigenvalue weighted by atomic mass is 10.0. The number of hydrogen-bond acceptors (Lipinski definition) is 3. The second kappa shape index (κ2) is 6.42. The third kappa shape index (κ3) is 3.20. The standard InChI is InChI=1S/C18H16FNO4S/c1-12-2-8-15(9-3-12)25(23,24)20-11-10-16(18(21)22)17(20)13-4-6-14(19)7-5-13/h2-10,17H,11H2,1H3,(H,21,22). The number of benzene rings is 2. The lowest BCUT2D eigenvalue weighted by molar-refractivity contribution is -0.133. The molecule has 3 rings (SSSR count). The summed E-state index contributed by atoms with van der Waals surface area (Å²) in [6.45, 7) is 1.79. The minimum atomic E-state index is -3.91. The van der Waals surface area contributed by atoms with Gasteiger partial charge >= 0.3 is 5.97 Å². The van der Waals surface area contributed by atoms with Crippen LogP contribution < -0.4 is 0 Å². The van der Waals surface area contributed by atoms with E-state index in [2.05, 4.69) is 0 Å². The maximum absolute atomic E-state index is 13.2. The summed E-state index contributed by atoms with van der Waals surface area (Å²) in [5.74, 6) is -1.67. The van der Waals surface area contributed by atoms with Crippen LogP contribution in [0.15, 0.2) is 65.1 Å². The van der Waals surface area contributed by atoms with Crippen LogP contribution in [-0.4, -0.2) is 30.3 Å². The summed E-state index contributed by atoms with van der Waals surface area (Å²) in [6.07, 6.45) is 1.38. The number of rotatable bonds is 4. The third-order valence-corrected chi connectivity index (χ3v) is 5.98. The summed E-state index contributed by atoms with van der Waals surface area (Å²) in [7, 11) is -3.91. The number of hydrogen-bond donors (Lipinski definition) is 1. The summed E-state index contributed by atoms with van der Waals surface area (Å²) in [4.78, 5) is 11.6. The van der Waals surface area contributed by atoms with Crippen LogP contribution in [-0.2, 0) is 14.8 Å². The second-order valence-electron chi connectivity index (χ2n) is 5.81. The van der Waals surface area contributed by atoms with E-state index in [0.717, 1.165) is 9.87 Å². The quantitative estimate of drug-likeness (QED) is 0.909. The molecule has 1 aliphatic rings. The molecule has 0 fully saturated rings. The van der Waals surface area contributed by atoms with Crippen molar-refractivity contribution in [3.05, 3.63) is 77.1 Å². The van der Waals surface area contributed by atoms with Gasteiger partial charge < -0.3 is 5.11 Å². The Bertz CT molecular complexity index is 934. The molecule has 2 aromatic rings. The van der Waals surface area contributed by atoms with Gasteiger partial charge in [0, 0.05) is 6.54 Å². The Morgan fingerprint density at radius 3 is 2.28 bits per heavy atom. The summed E-state index contributed by atoms with van der Waals surface area (Å²) in [6, 6.07) is 10.5. The maximum Gasteiger partial charge on any atom is 0.333 e. The van der Waals surface area contributed by atoms with Crippen molar-refractivity contribution >= 4 is 16.0 Å². The molecule has 1 N–H and O–H groups in total. The first-order valence-corrected chi connectivity index (χ1v) is 9.02. The minimum absolute atomic E-state index is 0.0395. The van der Waals surface area contributed by atoms with Crippen LogP contribution in [0.5, 0.6) is 0 Å². The van der Waals surface area contributed by atoms with E-state index in [0.29, 0.717) is 5.56 Å². The van der Waals surface area contributed by atoms with Crippen molar-refractivity contribution in [1.29, 1.82) is 0 Å². The summed E-state index contributed by atoms with van der Waals surface area (Å²) >= 11 is 0. The van der Waals surface area contributed by atoms with Crippen LogP contribution in [0.2, 0.25) is 0 Å². The lowest BCUT2D eigenvalue weighted by Crippen LogP contribution is -2.33. The Morgan fingerprint density at radius 2 is 1.72 bits per heavy atom. The van der Waals surface area contributed by atoms with E-state index < -0.39 is 27.9 Å². The third-order valence-electron chi connectivity index (χ3n) is 4.13. The number of aryl methyl sites for hydroxylation is 1. The fraction of sp³-hybridized carbons (Fsp3) is 0.167. The smallest absolute Gasteiger partial charge is 0.333 e. The fourth-order valence-corrected chi connectivity index (χ4v) is 4.37. The van der Waals surface area contributed by atoms with Crippen LogP contribution in [0.25, 0.3) is 0 Å². The van der Waals surface area contributed by atoms with Crippen LogP contribution >= 0.6 is 0 Å². The van der Waals surface area contributed by atoms with Crippen molar-refractivity contribution < 1.29 is 22.7 Å². The Labute approximate surface area is 145 Å². The van der Waals surface area contributed by atoms with Crippen molar-refractivity contribution in [1.82, 2.24) is 4.31 Å². The van der Waals surface area contributed by atoms with E-state index in [4.69, 9.17) is 0 Å². The predicted molar refractivity (Wildman–Crippen MR) is 89.9 cm³/mol. The number of sulfonamides is 1. The van der Waals surface area contributed by atoms with E-state index in [1.165, 1.54) is 42.5 Å². The number of carboxylic acids is 1. The number of nitrogens with zero attached hydrogens (tertiary/aromatic N) is 1. The normalized spacial score (nSPS) is 18.2. The van der Waals surface area contributed by atoms with Gasteiger partial charge in [-0.2, -0.15) is 4.31 Å². The van der Waals surface area contributed by atoms with E-state index in [1.54, 1.807) is 12.1 Å². The average molecular weight is 361 g/mol. The molecule has 0 aliphatic carbocycles. The highest BCUT2D eigenvalue weighted by molar-refractivity contribution is 7.89. The fourth-order valence-electron chi connectivity index (χ4n) is 2.84. The molecule has 1 atom stereocenters. The number of aliphatic carboxylic acids is 1. The van der Waals surface area contributed by atoms with Crippen LogP contribution in [0, 0.1) is 12.7 Å². The molecule has 1 aliphatic heterocycles. The predicted octanol–water partition coefficient (Wildman–Crippen LogP) is 2.89. The van der Waals surface area contributed by atoms with Crippen LogP contribution in [0.4, 0.5) is 4.39 Å². The molecule has 0 saturated carbocycles. The number of carboxylic acid groups (broad SMARTS) is 1. The molecular weight excluding hydrogens is 345 g/mol. The Balaban J connectivity index is 2.06. The van der Waals surface area contributed by atoms with Gasteiger partial charge in [0.15, 0.2) is 0 Å². The van der Waals surface area contributed by atoms with Gasteiger partial charge in [0.2, 0.25) is 10.0 Å². The molecule has 1 unspecified atom stereocenters. The number of halogens is 1. The largest absolute Gasteiger partial charge is 0.478 e. The van der Waals surface area contributed by atoms with Gasteiger partial charge in [-0.05, 0) is 36.8 Å². The molecule has 0 aromatic heterocycles. The Morgan fingerprint density at radius 1 is 1.12 bits per heavy atom. The van der Waals surface area contributed by atoms with Gasteiger partial charge in [-0.15, -0.1) is 0 Å². The molecule has 0 amide bonds. The van der Waals surface area contributed by atoms with Crippen molar-refractivity contribution in [2.75, 3.05) is 6.54 Å². The van der Waals surface area contributed by atoms with E-state index in [-0.39, 0.29) is 17.0 Å². The van der Waals surface area contributed by atoms with Crippen LogP contribution in [0.3, 0.4) is 0 Å². The van der Waals surface area contributed by atoms with Gasteiger partial charge in [0.25, 0.3) is 0 Å². The Hall–Kier alpha value is -2.51. The highest BCUT2D eigenvalue weighted by Crippen LogP contribution is 2.37. The van der Waals surface area contributed by atoms with E-state index in [9.17, 15) is 22.7 Å². The van der Waals surface area contributed by atoms with Crippen molar-refractivity contribution in [2.24, 2.45) is 0 Å². The zero-order valence-electron chi connectivity index (χ0n) is 13.4. The van der Waals surface area contributed by atoms with Crippen molar-refractivity contribution in [3.63, 3.8) is 0 Å². The molecule has 0 saturated heterocycles. The molecule has 0 radical (unpaired) electrons. The average Bonchev–Trinajstić information content (AvgIpc) is 3.02. The molecule has 25 heavy (non-hydrogen) atoms. The maximum atomic E-state index is 13.2. The van der Waals surface area contributed by atoms with E-state index >= 15 is 0 Å². The molecule has 2 aromatic carbocycles. The molecule has 7 heteroatoms. The lowest BCUT2D eigenvalue weighted by Gasteiger charge is -2.26. The molecule has 1 heterocycles. The first-order chi connectivity index (χ1) is 11.8. The first kappa shape index (κ1) is 17.3. The van der Waals surface area contributed by atoms with Gasteiger partial charge in [-0.3, -0.25) is 0 Å². The Kier molecular flexibility index (Phi) is 4.45. The highest BCUT2D eigenvalue weighted by atomic mass is 32.2. The first-order valence-electron chi connectivity index (χ1n) is 7.58. The highest BCUT2D eigenvalue weighted by Gasteiger charge is 2.40. The topological polar surface area (TPSA) is 74.7 Å². The van der Waals surface area contributed by atoms with Gasteiger partial charge in [0.1, 0.15) is 5.82 Å². The van der Waals surface area contributed by atoms with Crippen LogP contribution in [0.1, 0.15) is 17.2 Å². The van der Waals surface area contributed by atoms with Crippen molar-refractivity contribution in [3.8, 4) is 0 Å². The molecule has 5 nitrogen and oxygen atoms in total. The summed E-state index contributed by atoms with van der Waals surface area (Å²) < 4.78 is 40.3.